The number of ether oxygens (including phenoxy) is 3. The van der Waals surface area contributed by atoms with Gasteiger partial charge in [-0.2, -0.15) is 0 Å². The van der Waals surface area contributed by atoms with Crippen LogP contribution < -0.4 is 4.74 Å². The average molecular weight is 607 g/mol. The van der Waals surface area contributed by atoms with Gasteiger partial charge in [-0.3, -0.25) is 0 Å². The third-order valence-electron chi connectivity index (χ3n) is 13.5. The molecule has 4 aliphatic rings. The van der Waals surface area contributed by atoms with E-state index in [4.69, 9.17) is 14.2 Å². The lowest BCUT2D eigenvalue weighted by atomic mass is 9.38. The van der Waals surface area contributed by atoms with Crippen molar-refractivity contribution in [3.8, 4) is 5.75 Å². The van der Waals surface area contributed by atoms with E-state index in [1.807, 2.05) is 7.11 Å². The molecule has 5 rings (SSSR count). The lowest BCUT2D eigenvalue weighted by Gasteiger charge is -2.67. The van der Waals surface area contributed by atoms with Crippen LogP contribution in [0.5, 0.6) is 5.75 Å². The topological polar surface area (TPSA) is 65.0 Å². The van der Waals surface area contributed by atoms with Gasteiger partial charge in [0, 0.05) is 18.4 Å². The fourth-order valence-electron chi connectivity index (χ4n) is 10.9. The van der Waals surface area contributed by atoms with Crippen molar-refractivity contribution in [2.45, 2.75) is 119 Å². The molecule has 0 aliphatic heterocycles. The number of rotatable bonds is 8. The summed E-state index contributed by atoms with van der Waals surface area (Å²) < 4.78 is 17.8. The molecule has 4 aliphatic carbocycles. The second-order valence-electron chi connectivity index (χ2n) is 16.3. The number of carbonyl (C=O) groups is 1. The first-order chi connectivity index (χ1) is 20.6. The number of carbonyl (C=O) groups excluding carboxylic acids is 1. The zero-order chi connectivity index (χ0) is 32.2. The fraction of sp³-hybridized carbons (Fsp3) is 0.718. The van der Waals surface area contributed by atoms with Gasteiger partial charge < -0.3 is 19.3 Å². The van der Waals surface area contributed by atoms with Crippen LogP contribution in [0.15, 0.2) is 47.6 Å². The molecule has 3 saturated carbocycles. The van der Waals surface area contributed by atoms with Gasteiger partial charge in [0.05, 0.1) is 24.9 Å². The Labute approximate surface area is 266 Å². The summed E-state index contributed by atoms with van der Waals surface area (Å²) in [6.07, 6.45) is 11.6. The third kappa shape index (κ3) is 5.28. The van der Waals surface area contributed by atoms with Crippen molar-refractivity contribution in [2.24, 2.45) is 45.3 Å². The molecule has 0 saturated heterocycles. The summed E-state index contributed by atoms with van der Waals surface area (Å²) in [5.41, 5.74) is 3.37. The van der Waals surface area contributed by atoms with E-state index < -0.39 is 0 Å². The largest absolute Gasteiger partial charge is 0.497 e. The highest BCUT2D eigenvalue weighted by Gasteiger charge is 2.69. The Morgan fingerprint density at radius 2 is 1.66 bits per heavy atom. The number of aliphatic hydroxyl groups is 1. The summed E-state index contributed by atoms with van der Waals surface area (Å²) in [6.45, 7) is 18.7. The third-order valence-corrected chi connectivity index (χ3v) is 13.5. The molecule has 0 amide bonds. The second kappa shape index (κ2) is 11.9. The Morgan fingerprint density at radius 3 is 2.27 bits per heavy atom. The van der Waals surface area contributed by atoms with Crippen molar-refractivity contribution in [3.05, 3.63) is 53.1 Å². The normalized spacial score (nSPS) is 38.7. The first-order valence-electron chi connectivity index (χ1n) is 17.1. The summed E-state index contributed by atoms with van der Waals surface area (Å²) in [7, 11) is 3.51. The number of hydrogen-bond acceptors (Lipinski definition) is 5. The van der Waals surface area contributed by atoms with Gasteiger partial charge in [-0.1, -0.05) is 58.8 Å². The standard InChI is InChI=1S/C39H58O5/c1-24(2)21-28(44-35(41)26-11-13-27(42-9)14-12-26)22-25(3)29-17-18-39(8)34-32(43-10)23-31-30(15-16-33(40)36(31,4)5)37(34,6)19-20-38(29,39)7/h11-14,21,23,25,28-30,32-34,40H,15-20,22H2,1-10H3/t25-,28+,29-,30-,32+,33+,34-,37+,38-,39+/m1/s1. The molecule has 1 aromatic rings. The summed E-state index contributed by atoms with van der Waals surface area (Å²) in [5.74, 6) is 2.30. The lowest BCUT2D eigenvalue weighted by molar-refractivity contribution is -0.183. The Morgan fingerprint density at radius 1 is 0.977 bits per heavy atom. The fourth-order valence-corrected chi connectivity index (χ4v) is 10.9. The monoisotopic (exact) mass is 606 g/mol. The molecule has 0 heterocycles. The molecule has 3 fully saturated rings. The van der Waals surface area contributed by atoms with Crippen LogP contribution in [0.25, 0.3) is 0 Å². The molecular formula is C39H58O5. The minimum absolute atomic E-state index is 0.0541. The predicted molar refractivity (Wildman–Crippen MR) is 177 cm³/mol. The van der Waals surface area contributed by atoms with Crippen LogP contribution in [-0.4, -0.2) is 43.6 Å². The maximum atomic E-state index is 13.2. The molecule has 244 valence electrons. The molecule has 0 unspecified atom stereocenters. The number of aliphatic hydroxyl groups excluding tert-OH is 1. The summed E-state index contributed by atoms with van der Waals surface area (Å²) in [4.78, 5) is 13.2. The van der Waals surface area contributed by atoms with Crippen LogP contribution >= 0.6 is 0 Å². The van der Waals surface area contributed by atoms with E-state index in [2.05, 4.69) is 67.5 Å². The highest BCUT2D eigenvalue weighted by molar-refractivity contribution is 5.89. The number of benzene rings is 1. The van der Waals surface area contributed by atoms with Crippen LogP contribution in [-0.2, 0) is 9.47 Å². The summed E-state index contributed by atoms with van der Waals surface area (Å²) in [5, 5.41) is 11.0. The van der Waals surface area contributed by atoms with Gasteiger partial charge in [-0.15, -0.1) is 0 Å². The Balaban J connectivity index is 1.40. The Kier molecular flexibility index (Phi) is 9.01. The van der Waals surface area contributed by atoms with E-state index in [1.165, 1.54) is 31.3 Å². The van der Waals surface area contributed by atoms with E-state index in [0.717, 1.165) is 30.6 Å². The van der Waals surface area contributed by atoms with E-state index in [1.54, 1.807) is 31.4 Å². The van der Waals surface area contributed by atoms with Crippen molar-refractivity contribution in [2.75, 3.05) is 14.2 Å². The summed E-state index contributed by atoms with van der Waals surface area (Å²) in [6, 6.07) is 7.16. The van der Waals surface area contributed by atoms with E-state index in [-0.39, 0.29) is 45.9 Å². The smallest absolute Gasteiger partial charge is 0.338 e. The van der Waals surface area contributed by atoms with Gasteiger partial charge in [0.2, 0.25) is 0 Å². The van der Waals surface area contributed by atoms with Crippen LogP contribution in [0.3, 0.4) is 0 Å². The molecule has 0 aromatic heterocycles. The molecule has 1 N–H and O–H groups in total. The highest BCUT2D eigenvalue weighted by Crippen LogP contribution is 2.75. The number of fused-ring (bicyclic) bond motifs is 5. The van der Waals surface area contributed by atoms with Crippen LogP contribution in [0.2, 0.25) is 0 Å². The van der Waals surface area contributed by atoms with Crippen molar-refractivity contribution in [1.82, 2.24) is 0 Å². The van der Waals surface area contributed by atoms with Crippen molar-refractivity contribution < 1.29 is 24.1 Å². The average Bonchev–Trinajstić information content (AvgIpc) is 3.25. The maximum absolute atomic E-state index is 13.2. The van der Waals surface area contributed by atoms with Gasteiger partial charge in [0.25, 0.3) is 0 Å². The van der Waals surface area contributed by atoms with Crippen molar-refractivity contribution in [3.63, 3.8) is 0 Å². The predicted octanol–water partition coefficient (Wildman–Crippen LogP) is 8.80. The number of methoxy groups -OCH3 is 2. The zero-order valence-electron chi connectivity index (χ0n) is 29.0. The minimum atomic E-state index is -0.295. The zero-order valence-corrected chi connectivity index (χ0v) is 29.0. The second-order valence-corrected chi connectivity index (χ2v) is 16.3. The van der Waals surface area contributed by atoms with Gasteiger partial charge in [-0.05, 0) is 123 Å². The van der Waals surface area contributed by atoms with Gasteiger partial charge >= 0.3 is 5.97 Å². The Hall–Kier alpha value is -2.11. The molecule has 0 bridgehead atoms. The van der Waals surface area contributed by atoms with Gasteiger partial charge in [0.15, 0.2) is 0 Å². The Bertz CT molecular complexity index is 1270. The lowest BCUT2D eigenvalue weighted by Crippen LogP contribution is -2.63. The van der Waals surface area contributed by atoms with Crippen molar-refractivity contribution in [1.29, 1.82) is 0 Å². The molecule has 5 nitrogen and oxygen atoms in total. The molecule has 0 spiro atoms. The molecule has 1 aromatic carbocycles. The number of hydrogen-bond donors (Lipinski definition) is 1. The molecule has 10 atom stereocenters. The molecular weight excluding hydrogens is 548 g/mol. The van der Waals surface area contributed by atoms with Crippen LogP contribution in [0, 0.1) is 45.3 Å². The van der Waals surface area contributed by atoms with E-state index >= 15 is 0 Å². The highest BCUT2D eigenvalue weighted by atomic mass is 16.5. The molecule has 0 radical (unpaired) electrons. The maximum Gasteiger partial charge on any atom is 0.338 e. The minimum Gasteiger partial charge on any atom is -0.497 e. The van der Waals surface area contributed by atoms with Gasteiger partial charge in [0.1, 0.15) is 11.9 Å². The number of esters is 1. The molecule has 44 heavy (non-hydrogen) atoms. The first kappa shape index (κ1) is 33.3. The van der Waals surface area contributed by atoms with Crippen LogP contribution in [0.4, 0.5) is 0 Å². The quantitative estimate of drug-likeness (QED) is 0.237. The van der Waals surface area contributed by atoms with Crippen molar-refractivity contribution >= 4 is 5.97 Å². The van der Waals surface area contributed by atoms with E-state index in [0.29, 0.717) is 29.2 Å². The van der Waals surface area contributed by atoms with E-state index in [9.17, 15) is 9.90 Å². The van der Waals surface area contributed by atoms with Crippen LogP contribution in [0.1, 0.15) is 111 Å². The number of allylic oxidation sites excluding steroid dienone is 1. The SMILES string of the molecule is COc1ccc(C(=O)O[C@@H](C=C(C)C)C[C@@H](C)[C@H]2CC[C@@]3(C)[C@@H]4[C@@H](OC)C=C5[C@@H](CC[C@H](O)C5(C)C)[C@]4(C)CC[C@]23C)cc1. The first-order valence-corrected chi connectivity index (χ1v) is 17.1. The summed E-state index contributed by atoms with van der Waals surface area (Å²) >= 11 is 0. The molecule has 5 heteroatoms. The van der Waals surface area contributed by atoms with Gasteiger partial charge in [-0.25, -0.2) is 4.79 Å².